The third kappa shape index (κ3) is 2.65. The van der Waals surface area contributed by atoms with Crippen LogP contribution in [0, 0.1) is 11.8 Å². The van der Waals surface area contributed by atoms with Crippen LogP contribution in [-0.4, -0.2) is 46.5 Å². The highest BCUT2D eigenvalue weighted by molar-refractivity contribution is 8.14. The van der Waals surface area contributed by atoms with Crippen LogP contribution in [0.15, 0.2) is 24.3 Å². The van der Waals surface area contributed by atoms with E-state index in [1.807, 2.05) is 6.07 Å². The molecule has 158 valence electrons. The van der Waals surface area contributed by atoms with Crippen molar-refractivity contribution >= 4 is 22.8 Å². The van der Waals surface area contributed by atoms with Gasteiger partial charge in [0.2, 0.25) is 0 Å². The van der Waals surface area contributed by atoms with Crippen LogP contribution in [0.1, 0.15) is 44.2 Å². The Balaban J connectivity index is 1.49. The smallest absolute Gasteiger partial charge is 0.308 e. The molecule has 6 heteroatoms. The molecule has 1 aromatic rings. The maximum absolute atomic E-state index is 12.0. The number of hydrogen-bond donors (Lipinski definition) is 0. The molecule has 2 bridgehead atoms. The summed E-state index contributed by atoms with van der Waals surface area (Å²) in [7, 11) is 0. The van der Waals surface area contributed by atoms with E-state index in [1.165, 1.54) is 49.2 Å². The van der Waals surface area contributed by atoms with Gasteiger partial charge in [-0.3, -0.25) is 14.5 Å². The van der Waals surface area contributed by atoms with E-state index in [2.05, 4.69) is 23.1 Å². The minimum absolute atomic E-state index is 0.0158. The minimum atomic E-state index is -0.334. The Bertz CT molecular complexity index is 970. The van der Waals surface area contributed by atoms with Crippen molar-refractivity contribution < 1.29 is 19.1 Å². The van der Waals surface area contributed by atoms with Gasteiger partial charge in [-0.15, -0.1) is 0 Å². The van der Waals surface area contributed by atoms with Crippen LogP contribution in [0.3, 0.4) is 0 Å². The molecule has 5 atom stereocenters. The Hall–Kier alpha value is -1.79. The van der Waals surface area contributed by atoms with Gasteiger partial charge in [-0.05, 0) is 49.8 Å². The summed E-state index contributed by atoms with van der Waals surface area (Å²) in [5.41, 5.74) is 2.44. The van der Waals surface area contributed by atoms with Crippen molar-refractivity contribution in [1.82, 2.24) is 4.90 Å². The second-order valence-electron chi connectivity index (χ2n) is 9.54. The summed E-state index contributed by atoms with van der Waals surface area (Å²) in [6.07, 6.45) is 9.24. The molecule has 1 saturated carbocycles. The Morgan fingerprint density at radius 3 is 2.83 bits per heavy atom. The molecule has 1 unspecified atom stereocenters. The zero-order valence-electron chi connectivity index (χ0n) is 17.4. The van der Waals surface area contributed by atoms with Gasteiger partial charge in [0.25, 0.3) is 0 Å². The highest BCUT2D eigenvalue weighted by Gasteiger charge is 2.65. The number of hydrogen-bond acceptors (Lipinski definition) is 6. The molecule has 0 amide bonds. The van der Waals surface area contributed by atoms with E-state index in [0.717, 1.165) is 31.1 Å². The van der Waals surface area contributed by atoms with Gasteiger partial charge in [0.15, 0.2) is 16.6 Å². The first-order chi connectivity index (χ1) is 14.5. The fourth-order valence-corrected chi connectivity index (χ4v) is 7.46. The predicted molar refractivity (Wildman–Crippen MR) is 115 cm³/mol. The highest BCUT2D eigenvalue weighted by atomic mass is 32.2. The molecule has 0 aromatic heterocycles. The lowest BCUT2D eigenvalue weighted by Crippen LogP contribution is -2.65. The van der Waals surface area contributed by atoms with Gasteiger partial charge in [-0.25, -0.2) is 0 Å². The van der Waals surface area contributed by atoms with Crippen molar-refractivity contribution in [2.75, 3.05) is 13.1 Å². The normalized spacial score (nSPS) is 35.5. The quantitative estimate of drug-likeness (QED) is 0.418. The molecule has 1 aromatic carbocycles. The lowest BCUT2D eigenvalue weighted by molar-refractivity contribution is -0.132. The molecular weight excluding hydrogens is 398 g/mol. The SMILES string of the molecule is CC(=O)Oc1ccc2c3c1O[C@H]1[C@H](SC(C)=O)C=CC4[C@@H](C2)N(CC2CC2)CC[C@@]341. The van der Waals surface area contributed by atoms with Crippen molar-refractivity contribution in [2.45, 2.75) is 62.3 Å². The summed E-state index contributed by atoms with van der Waals surface area (Å²) in [6, 6.07) is 4.51. The van der Waals surface area contributed by atoms with E-state index in [9.17, 15) is 9.59 Å². The molecule has 3 aliphatic carbocycles. The first-order valence-electron chi connectivity index (χ1n) is 11.1. The summed E-state index contributed by atoms with van der Waals surface area (Å²) in [6.45, 7) is 5.33. The zero-order chi connectivity index (χ0) is 20.6. The van der Waals surface area contributed by atoms with Crippen LogP contribution in [0.2, 0.25) is 0 Å². The van der Waals surface area contributed by atoms with Crippen molar-refractivity contribution in [3.8, 4) is 11.5 Å². The molecule has 5 aliphatic rings. The van der Waals surface area contributed by atoms with Crippen LogP contribution in [0.25, 0.3) is 0 Å². The Morgan fingerprint density at radius 1 is 1.27 bits per heavy atom. The summed E-state index contributed by atoms with van der Waals surface area (Å²) in [5, 5.41) is 0.0935. The van der Waals surface area contributed by atoms with E-state index >= 15 is 0 Å². The fourth-order valence-electron chi connectivity index (χ4n) is 6.49. The van der Waals surface area contributed by atoms with Gasteiger partial charge < -0.3 is 9.47 Å². The van der Waals surface area contributed by atoms with Gasteiger partial charge in [-0.1, -0.05) is 30.0 Å². The molecule has 2 heterocycles. The Labute approximate surface area is 181 Å². The van der Waals surface area contributed by atoms with E-state index in [-0.39, 0.29) is 27.9 Å². The number of nitrogens with zero attached hydrogens (tertiary/aromatic N) is 1. The standard InChI is InChI=1S/C24H27NO4S/c1-13(26)28-19-7-5-16-11-18-17-6-8-20(30-14(2)27)23-24(17,21(16)22(19)29-23)9-10-25(18)12-15-3-4-15/h5-8,15,17-18,20,23H,3-4,9-12H2,1-2H3/t17?,18-,20-,23+,24+/m1/s1. The van der Waals surface area contributed by atoms with Gasteiger partial charge >= 0.3 is 5.97 Å². The van der Waals surface area contributed by atoms with Crippen LogP contribution in [-0.2, 0) is 21.4 Å². The topological polar surface area (TPSA) is 55.8 Å². The van der Waals surface area contributed by atoms with E-state index in [0.29, 0.717) is 17.7 Å². The van der Waals surface area contributed by atoms with E-state index in [4.69, 9.17) is 9.47 Å². The predicted octanol–water partition coefficient (Wildman–Crippen LogP) is 3.49. The second-order valence-corrected chi connectivity index (χ2v) is 10.9. The molecule has 1 spiro atoms. The average Bonchev–Trinajstić information content (AvgIpc) is 3.43. The molecule has 2 aliphatic heterocycles. The van der Waals surface area contributed by atoms with Crippen LogP contribution >= 0.6 is 11.8 Å². The molecule has 5 nitrogen and oxygen atoms in total. The van der Waals surface area contributed by atoms with E-state index < -0.39 is 0 Å². The van der Waals surface area contributed by atoms with Gasteiger partial charge in [0, 0.05) is 43.3 Å². The molecule has 0 radical (unpaired) electrons. The first-order valence-corrected chi connectivity index (χ1v) is 12.0. The first kappa shape index (κ1) is 18.9. The molecular formula is C24H27NO4S. The number of benzene rings is 1. The highest BCUT2D eigenvalue weighted by Crippen LogP contribution is 2.63. The summed E-state index contributed by atoms with van der Waals surface area (Å²) in [5.74, 6) is 2.17. The number of likely N-dealkylation sites (tertiary alicyclic amines) is 1. The maximum Gasteiger partial charge on any atom is 0.308 e. The molecule has 0 N–H and O–H groups in total. The number of carbonyl (C=O) groups excluding carboxylic acids is 2. The summed E-state index contributed by atoms with van der Waals surface area (Å²) < 4.78 is 12.2. The van der Waals surface area contributed by atoms with Crippen molar-refractivity contribution in [3.63, 3.8) is 0 Å². The van der Waals surface area contributed by atoms with Gasteiger partial charge in [-0.2, -0.15) is 0 Å². The lowest BCUT2D eigenvalue weighted by Gasteiger charge is -2.57. The fraction of sp³-hybridized carbons (Fsp3) is 0.583. The van der Waals surface area contributed by atoms with E-state index in [1.54, 1.807) is 6.92 Å². The number of esters is 1. The number of rotatable bonds is 4. The number of ether oxygens (including phenoxy) is 2. The average molecular weight is 426 g/mol. The van der Waals surface area contributed by atoms with Gasteiger partial charge in [0.05, 0.1) is 5.25 Å². The number of carbonyl (C=O) groups is 2. The molecule has 6 rings (SSSR count). The summed E-state index contributed by atoms with van der Waals surface area (Å²) >= 11 is 1.36. The van der Waals surface area contributed by atoms with Crippen molar-refractivity contribution in [2.24, 2.45) is 11.8 Å². The minimum Gasteiger partial charge on any atom is -0.484 e. The zero-order valence-corrected chi connectivity index (χ0v) is 18.2. The van der Waals surface area contributed by atoms with Gasteiger partial charge in [0.1, 0.15) is 6.10 Å². The Morgan fingerprint density at radius 2 is 2.10 bits per heavy atom. The molecule has 30 heavy (non-hydrogen) atoms. The van der Waals surface area contributed by atoms with Crippen LogP contribution < -0.4 is 9.47 Å². The largest absolute Gasteiger partial charge is 0.484 e. The van der Waals surface area contributed by atoms with Crippen molar-refractivity contribution in [3.05, 3.63) is 35.4 Å². The second kappa shape index (κ2) is 6.60. The van der Waals surface area contributed by atoms with Crippen LogP contribution in [0.5, 0.6) is 11.5 Å². The maximum atomic E-state index is 12.0. The summed E-state index contributed by atoms with van der Waals surface area (Å²) in [4.78, 5) is 26.4. The monoisotopic (exact) mass is 425 g/mol. The third-order valence-corrected chi connectivity index (χ3v) is 8.71. The number of thioether (sulfide) groups is 1. The number of piperidine rings is 1. The third-order valence-electron chi connectivity index (χ3n) is 7.70. The molecule has 1 saturated heterocycles. The Kier molecular flexibility index (Phi) is 4.17. The van der Waals surface area contributed by atoms with Crippen LogP contribution in [0.4, 0.5) is 0 Å². The lowest BCUT2D eigenvalue weighted by atomic mass is 9.53. The van der Waals surface area contributed by atoms with Crippen molar-refractivity contribution in [1.29, 1.82) is 0 Å². The molecule has 2 fully saturated rings.